The molecule has 0 spiro atoms. The smallest absolute Gasteiger partial charge is 0.225 e. The summed E-state index contributed by atoms with van der Waals surface area (Å²) in [5.41, 5.74) is 1.57. The van der Waals surface area contributed by atoms with Crippen LogP contribution in [0.1, 0.15) is 71.1 Å². The molecule has 5 heteroatoms. The predicted octanol–water partition coefficient (Wildman–Crippen LogP) is 3.22. The molecule has 1 atom stereocenters. The lowest BCUT2D eigenvalue weighted by molar-refractivity contribution is -0.134. The Morgan fingerprint density at radius 1 is 1.23 bits per heavy atom. The van der Waals surface area contributed by atoms with E-state index in [9.17, 15) is 4.79 Å². The van der Waals surface area contributed by atoms with Gasteiger partial charge in [-0.2, -0.15) is 0 Å². The minimum Gasteiger partial charge on any atom is -0.357 e. The first-order valence-electron chi connectivity index (χ1n) is 10.8. The zero-order valence-electron chi connectivity index (χ0n) is 16.4. The number of nitrogens with one attached hydrogen (secondary N) is 2. The zero-order valence-corrected chi connectivity index (χ0v) is 16.4. The number of nitrogens with zero attached hydrogens (tertiary/aromatic N) is 2. The fraction of sp³-hybridized carbons (Fsp3) is 0.810. The third-order valence-corrected chi connectivity index (χ3v) is 5.98. The number of aliphatic imine (C=N–C) groups is 1. The molecule has 0 bridgehead atoms. The number of hydrogen-bond donors (Lipinski definition) is 2. The third-order valence-electron chi connectivity index (χ3n) is 5.98. The first-order valence-corrected chi connectivity index (χ1v) is 10.8. The van der Waals surface area contributed by atoms with Crippen LogP contribution in [0.15, 0.2) is 16.6 Å². The maximum atomic E-state index is 12.6. The van der Waals surface area contributed by atoms with E-state index >= 15 is 0 Å². The van der Waals surface area contributed by atoms with E-state index in [4.69, 9.17) is 4.99 Å². The lowest BCUT2D eigenvalue weighted by Crippen LogP contribution is -2.45. The highest BCUT2D eigenvalue weighted by atomic mass is 16.2. The van der Waals surface area contributed by atoms with Gasteiger partial charge in [0.2, 0.25) is 5.91 Å². The molecule has 26 heavy (non-hydrogen) atoms. The van der Waals surface area contributed by atoms with Crippen molar-refractivity contribution < 1.29 is 4.79 Å². The van der Waals surface area contributed by atoms with Crippen LogP contribution in [0, 0.1) is 5.92 Å². The molecule has 2 aliphatic carbocycles. The number of rotatable bonds is 6. The van der Waals surface area contributed by atoms with Crippen molar-refractivity contribution in [3.8, 4) is 0 Å². The molecule has 1 unspecified atom stereocenters. The summed E-state index contributed by atoms with van der Waals surface area (Å²) in [5, 5.41) is 6.92. The van der Waals surface area contributed by atoms with Crippen molar-refractivity contribution >= 4 is 11.9 Å². The van der Waals surface area contributed by atoms with Gasteiger partial charge in [0.25, 0.3) is 0 Å². The van der Waals surface area contributed by atoms with Gasteiger partial charge in [-0.15, -0.1) is 0 Å². The molecule has 0 radical (unpaired) electrons. The second-order valence-corrected chi connectivity index (χ2v) is 8.01. The lowest BCUT2D eigenvalue weighted by atomic mass is 9.97. The highest BCUT2D eigenvalue weighted by Crippen LogP contribution is 2.27. The molecule has 2 fully saturated rings. The van der Waals surface area contributed by atoms with Gasteiger partial charge < -0.3 is 15.5 Å². The monoisotopic (exact) mass is 360 g/mol. The quantitative estimate of drug-likeness (QED) is 0.434. The second kappa shape index (κ2) is 9.98. The van der Waals surface area contributed by atoms with E-state index in [1.165, 1.54) is 38.5 Å². The Morgan fingerprint density at radius 3 is 2.81 bits per heavy atom. The first-order chi connectivity index (χ1) is 12.8. The van der Waals surface area contributed by atoms with Gasteiger partial charge in [-0.25, -0.2) is 0 Å². The van der Waals surface area contributed by atoms with Gasteiger partial charge >= 0.3 is 0 Å². The summed E-state index contributed by atoms with van der Waals surface area (Å²) >= 11 is 0. The number of guanidine groups is 1. The number of hydrogen-bond acceptors (Lipinski definition) is 2. The minimum absolute atomic E-state index is 0.291. The molecular weight excluding hydrogens is 324 g/mol. The number of likely N-dealkylation sites (tertiary alicyclic amines) is 1. The summed E-state index contributed by atoms with van der Waals surface area (Å²) in [4.78, 5) is 19.4. The first kappa shape index (κ1) is 19.2. The molecule has 1 heterocycles. The standard InChI is InChI=1S/C21H36N4O/c1-2-22-21(23-14-12-17-8-4-3-5-9-17)24-19-13-15-25(16-19)20(26)18-10-6-7-11-18/h8,18-19H,2-7,9-16H2,1H3,(H2,22,23,24). The van der Waals surface area contributed by atoms with Gasteiger partial charge in [0.1, 0.15) is 0 Å². The van der Waals surface area contributed by atoms with Crippen molar-refractivity contribution in [3.63, 3.8) is 0 Å². The molecule has 1 aliphatic heterocycles. The molecule has 1 saturated heterocycles. The van der Waals surface area contributed by atoms with E-state index in [1.54, 1.807) is 5.57 Å². The summed E-state index contributed by atoms with van der Waals surface area (Å²) in [5.74, 6) is 1.58. The molecule has 2 N–H and O–H groups in total. The Balaban J connectivity index is 1.45. The van der Waals surface area contributed by atoms with Crippen LogP contribution >= 0.6 is 0 Å². The zero-order chi connectivity index (χ0) is 18.2. The number of amides is 1. The average molecular weight is 361 g/mol. The molecule has 3 aliphatic rings. The molecular formula is C21H36N4O. The van der Waals surface area contributed by atoms with Gasteiger partial charge in [-0.1, -0.05) is 24.5 Å². The second-order valence-electron chi connectivity index (χ2n) is 8.01. The van der Waals surface area contributed by atoms with Crippen LogP contribution in [0.4, 0.5) is 0 Å². The van der Waals surface area contributed by atoms with Gasteiger partial charge in [0, 0.05) is 38.1 Å². The largest absolute Gasteiger partial charge is 0.357 e. The van der Waals surface area contributed by atoms with Gasteiger partial charge in [0.05, 0.1) is 0 Å². The summed E-state index contributed by atoms with van der Waals surface area (Å²) in [6.07, 6.45) is 14.3. The maximum Gasteiger partial charge on any atom is 0.225 e. The van der Waals surface area contributed by atoms with E-state index in [0.717, 1.165) is 57.8 Å². The SMILES string of the molecule is CCNC(=NCCC1=CCCCC1)NC1CCN(C(=O)C2CCCC2)C1. The summed E-state index contributed by atoms with van der Waals surface area (Å²) in [7, 11) is 0. The highest BCUT2D eigenvalue weighted by Gasteiger charge is 2.32. The number of carbonyl (C=O) groups excluding carboxylic acids is 1. The fourth-order valence-electron chi connectivity index (χ4n) is 4.47. The molecule has 5 nitrogen and oxygen atoms in total. The molecule has 0 aromatic carbocycles. The van der Waals surface area contributed by atoms with E-state index in [0.29, 0.717) is 17.9 Å². The molecule has 146 valence electrons. The van der Waals surface area contributed by atoms with Crippen LogP contribution in [0.5, 0.6) is 0 Å². The summed E-state index contributed by atoms with van der Waals surface area (Å²) in [6.45, 7) is 5.53. The fourth-order valence-corrected chi connectivity index (χ4v) is 4.47. The van der Waals surface area contributed by atoms with Crippen molar-refractivity contribution in [1.29, 1.82) is 0 Å². The number of allylic oxidation sites excluding steroid dienone is 1. The maximum absolute atomic E-state index is 12.6. The van der Waals surface area contributed by atoms with E-state index < -0.39 is 0 Å². The molecule has 3 rings (SSSR count). The van der Waals surface area contributed by atoms with Crippen LogP contribution in [-0.4, -0.2) is 49.0 Å². The topological polar surface area (TPSA) is 56.7 Å². The Labute approximate surface area is 158 Å². The van der Waals surface area contributed by atoms with Crippen LogP contribution in [-0.2, 0) is 4.79 Å². The van der Waals surface area contributed by atoms with Crippen molar-refractivity contribution in [2.24, 2.45) is 10.9 Å². The summed E-state index contributed by atoms with van der Waals surface area (Å²) in [6, 6.07) is 0.326. The van der Waals surface area contributed by atoms with Gasteiger partial charge in [0.15, 0.2) is 5.96 Å². The van der Waals surface area contributed by atoms with Crippen LogP contribution in [0.25, 0.3) is 0 Å². The van der Waals surface area contributed by atoms with Crippen LogP contribution in [0.2, 0.25) is 0 Å². The van der Waals surface area contributed by atoms with E-state index in [-0.39, 0.29) is 0 Å². The van der Waals surface area contributed by atoms with Crippen molar-refractivity contribution in [2.45, 2.75) is 77.2 Å². The molecule has 1 amide bonds. The Kier molecular flexibility index (Phi) is 7.39. The van der Waals surface area contributed by atoms with Gasteiger partial charge in [-0.3, -0.25) is 9.79 Å². The molecule has 0 aromatic heterocycles. The van der Waals surface area contributed by atoms with Crippen molar-refractivity contribution in [3.05, 3.63) is 11.6 Å². The molecule has 0 aromatic rings. The van der Waals surface area contributed by atoms with Gasteiger partial charge in [-0.05, 0) is 58.3 Å². The van der Waals surface area contributed by atoms with Crippen molar-refractivity contribution in [2.75, 3.05) is 26.2 Å². The number of carbonyl (C=O) groups is 1. The average Bonchev–Trinajstić information content (AvgIpc) is 3.34. The van der Waals surface area contributed by atoms with Crippen molar-refractivity contribution in [1.82, 2.24) is 15.5 Å². The predicted molar refractivity (Wildman–Crippen MR) is 107 cm³/mol. The minimum atomic E-state index is 0.291. The van der Waals surface area contributed by atoms with E-state index in [1.807, 2.05) is 0 Å². The van der Waals surface area contributed by atoms with Crippen LogP contribution < -0.4 is 10.6 Å². The Morgan fingerprint density at radius 2 is 2.08 bits per heavy atom. The van der Waals surface area contributed by atoms with E-state index in [2.05, 4.69) is 28.5 Å². The highest BCUT2D eigenvalue weighted by molar-refractivity contribution is 5.81. The Bertz CT molecular complexity index is 522. The normalized spacial score (nSPS) is 24.7. The summed E-state index contributed by atoms with van der Waals surface area (Å²) < 4.78 is 0. The third kappa shape index (κ3) is 5.49. The molecule has 1 saturated carbocycles. The Hall–Kier alpha value is -1.52. The van der Waals surface area contributed by atoms with Crippen LogP contribution in [0.3, 0.4) is 0 Å². The lowest BCUT2D eigenvalue weighted by Gasteiger charge is -2.21.